The van der Waals surface area contributed by atoms with Crippen LogP contribution >= 0.6 is 0 Å². The van der Waals surface area contributed by atoms with E-state index < -0.39 is 0 Å². The molecule has 1 unspecified atom stereocenters. The molecular weight excluding hydrogens is 308 g/mol. The molecule has 1 fully saturated rings. The number of aromatic nitrogens is 2. The van der Waals surface area contributed by atoms with E-state index in [9.17, 15) is 9.59 Å². The molecular formula is C17H20N4O3. The normalized spacial score (nSPS) is 17.1. The van der Waals surface area contributed by atoms with E-state index in [1.165, 1.54) is 6.26 Å². The van der Waals surface area contributed by atoms with Crippen molar-refractivity contribution in [3.8, 4) is 0 Å². The summed E-state index contributed by atoms with van der Waals surface area (Å²) in [4.78, 5) is 34.6. The average molecular weight is 328 g/mol. The van der Waals surface area contributed by atoms with Crippen LogP contribution in [0.25, 0.3) is 0 Å². The molecule has 2 aromatic heterocycles. The highest BCUT2D eigenvalue weighted by molar-refractivity contribution is 5.93. The van der Waals surface area contributed by atoms with Gasteiger partial charge in [-0.05, 0) is 25.0 Å². The van der Waals surface area contributed by atoms with Crippen molar-refractivity contribution in [3.05, 3.63) is 47.4 Å². The summed E-state index contributed by atoms with van der Waals surface area (Å²) < 4.78 is 5.07. The highest BCUT2D eigenvalue weighted by atomic mass is 16.3. The Bertz CT molecular complexity index is 756. The summed E-state index contributed by atoms with van der Waals surface area (Å²) in [7, 11) is 0. The van der Waals surface area contributed by atoms with Gasteiger partial charge in [-0.2, -0.15) is 0 Å². The Morgan fingerprint density at radius 1 is 1.42 bits per heavy atom. The molecule has 1 saturated heterocycles. The molecule has 24 heavy (non-hydrogen) atoms. The molecule has 0 radical (unpaired) electrons. The van der Waals surface area contributed by atoms with Crippen molar-refractivity contribution in [1.29, 1.82) is 0 Å². The summed E-state index contributed by atoms with van der Waals surface area (Å²) in [5.41, 5.74) is 2.19. The van der Waals surface area contributed by atoms with E-state index in [0.29, 0.717) is 31.9 Å². The molecule has 0 aliphatic carbocycles. The van der Waals surface area contributed by atoms with Gasteiger partial charge in [-0.15, -0.1) is 0 Å². The molecule has 2 amide bonds. The number of amides is 2. The quantitative estimate of drug-likeness (QED) is 0.918. The lowest BCUT2D eigenvalue weighted by atomic mass is 10.1. The second-order valence-corrected chi connectivity index (χ2v) is 5.97. The maximum atomic E-state index is 12.3. The Morgan fingerprint density at radius 3 is 2.96 bits per heavy atom. The highest BCUT2D eigenvalue weighted by Gasteiger charge is 2.32. The standard InChI is InChI=1S/C17H20N4O3/c1-11-4-3-6-18-14(11)8-19-16(22)13-5-7-21(9-13)17(23)15-10-24-12(2)20-15/h3-4,6,10,13H,5,7-9H2,1-2H3,(H,19,22). The third kappa shape index (κ3) is 3.45. The third-order valence-corrected chi connectivity index (χ3v) is 4.23. The van der Waals surface area contributed by atoms with Crippen molar-refractivity contribution >= 4 is 11.8 Å². The van der Waals surface area contributed by atoms with Gasteiger partial charge in [-0.25, -0.2) is 4.98 Å². The average Bonchev–Trinajstić information content (AvgIpc) is 3.22. The van der Waals surface area contributed by atoms with Gasteiger partial charge in [-0.1, -0.05) is 6.07 Å². The van der Waals surface area contributed by atoms with Crippen LogP contribution in [-0.2, 0) is 11.3 Å². The zero-order valence-corrected chi connectivity index (χ0v) is 13.8. The number of carbonyl (C=O) groups is 2. The van der Waals surface area contributed by atoms with Crippen LogP contribution in [0.5, 0.6) is 0 Å². The highest BCUT2D eigenvalue weighted by Crippen LogP contribution is 2.19. The predicted molar refractivity (Wildman–Crippen MR) is 86.1 cm³/mol. The predicted octanol–water partition coefficient (Wildman–Crippen LogP) is 1.46. The summed E-state index contributed by atoms with van der Waals surface area (Å²) in [6.45, 7) is 5.00. The first-order chi connectivity index (χ1) is 11.5. The van der Waals surface area contributed by atoms with Crippen molar-refractivity contribution in [3.63, 3.8) is 0 Å². The van der Waals surface area contributed by atoms with Crippen LogP contribution in [0.4, 0.5) is 0 Å². The van der Waals surface area contributed by atoms with Crippen molar-refractivity contribution in [2.45, 2.75) is 26.8 Å². The largest absolute Gasteiger partial charge is 0.448 e. The van der Waals surface area contributed by atoms with Crippen LogP contribution in [0.1, 0.15) is 34.1 Å². The van der Waals surface area contributed by atoms with Gasteiger partial charge >= 0.3 is 0 Å². The molecule has 1 aliphatic heterocycles. The van der Waals surface area contributed by atoms with Gasteiger partial charge < -0.3 is 14.6 Å². The lowest BCUT2D eigenvalue weighted by Crippen LogP contribution is -2.34. The number of nitrogens with zero attached hydrogens (tertiary/aromatic N) is 3. The topological polar surface area (TPSA) is 88.3 Å². The van der Waals surface area contributed by atoms with Crippen LogP contribution in [0.3, 0.4) is 0 Å². The Labute approximate surface area is 140 Å². The van der Waals surface area contributed by atoms with Gasteiger partial charge in [0.25, 0.3) is 5.91 Å². The maximum Gasteiger partial charge on any atom is 0.275 e. The van der Waals surface area contributed by atoms with E-state index in [4.69, 9.17) is 4.42 Å². The van der Waals surface area contributed by atoms with Crippen molar-refractivity contribution < 1.29 is 14.0 Å². The zero-order valence-electron chi connectivity index (χ0n) is 13.8. The molecule has 1 atom stereocenters. The number of rotatable bonds is 4. The first kappa shape index (κ1) is 16.2. The van der Waals surface area contributed by atoms with Crippen LogP contribution < -0.4 is 5.32 Å². The number of oxazole rings is 1. The Balaban J connectivity index is 1.54. The van der Waals surface area contributed by atoms with Crippen LogP contribution in [-0.4, -0.2) is 39.8 Å². The number of pyridine rings is 1. The SMILES string of the molecule is Cc1nc(C(=O)N2CCC(C(=O)NCc3ncccc3C)C2)co1. The molecule has 126 valence electrons. The minimum absolute atomic E-state index is 0.0494. The van der Waals surface area contributed by atoms with Crippen molar-refractivity contribution in [1.82, 2.24) is 20.2 Å². The molecule has 0 bridgehead atoms. The van der Waals surface area contributed by atoms with Gasteiger partial charge in [0.1, 0.15) is 6.26 Å². The van der Waals surface area contributed by atoms with E-state index in [-0.39, 0.29) is 23.4 Å². The van der Waals surface area contributed by atoms with E-state index in [2.05, 4.69) is 15.3 Å². The first-order valence-electron chi connectivity index (χ1n) is 7.94. The number of aryl methyl sites for hydroxylation is 2. The molecule has 1 aliphatic rings. The van der Waals surface area contributed by atoms with E-state index in [1.54, 1.807) is 18.0 Å². The minimum Gasteiger partial charge on any atom is -0.448 e. The number of likely N-dealkylation sites (tertiary alicyclic amines) is 1. The summed E-state index contributed by atoms with van der Waals surface area (Å²) in [5, 5.41) is 2.91. The molecule has 1 N–H and O–H groups in total. The minimum atomic E-state index is -0.203. The summed E-state index contributed by atoms with van der Waals surface area (Å²) in [6.07, 6.45) is 3.72. The molecule has 7 nitrogen and oxygen atoms in total. The number of hydrogen-bond donors (Lipinski definition) is 1. The zero-order chi connectivity index (χ0) is 17.1. The second-order valence-electron chi connectivity index (χ2n) is 5.97. The summed E-state index contributed by atoms with van der Waals surface area (Å²) in [5.74, 6) is 0.0120. The van der Waals surface area contributed by atoms with Crippen LogP contribution in [0.15, 0.2) is 29.0 Å². The number of hydrogen-bond acceptors (Lipinski definition) is 5. The van der Waals surface area contributed by atoms with E-state index in [1.807, 2.05) is 19.1 Å². The van der Waals surface area contributed by atoms with Gasteiger partial charge in [0.05, 0.1) is 18.2 Å². The van der Waals surface area contributed by atoms with Crippen molar-refractivity contribution in [2.75, 3.05) is 13.1 Å². The smallest absolute Gasteiger partial charge is 0.275 e. The molecule has 0 saturated carbocycles. The first-order valence-corrected chi connectivity index (χ1v) is 7.94. The Kier molecular flexibility index (Phi) is 4.59. The Morgan fingerprint density at radius 2 is 2.25 bits per heavy atom. The molecule has 0 aromatic carbocycles. The second kappa shape index (κ2) is 6.82. The maximum absolute atomic E-state index is 12.3. The fourth-order valence-corrected chi connectivity index (χ4v) is 2.80. The van der Waals surface area contributed by atoms with Gasteiger partial charge in [-0.3, -0.25) is 14.6 Å². The fraction of sp³-hybridized carbons (Fsp3) is 0.412. The van der Waals surface area contributed by atoms with E-state index in [0.717, 1.165) is 11.3 Å². The van der Waals surface area contributed by atoms with E-state index >= 15 is 0 Å². The monoisotopic (exact) mass is 328 g/mol. The molecule has 3 heterocycles. The van der Waals surface area contributed by atoms with Crippen molar-refractivity contribution in [2.24, 2.45) is 5.92 Å². The van der Waals surface area contributed by atoms with Gasteiger partial charge in [0.15, 0.2) is 11.6 Å². The molecule has 7 heteroatoms. The van der Waals surface area contributed by atoms with Crippen LogP contribution in [0, 0.1) is 19.8 Å². The number of carbonyl (C=O) groups excluding carboxylic acids is 2. The Hall–Kier alpha value is -2.70. The number of nitrogens with one attached hydrogen (secondary N) is 1. The fourth-order valence-electron chi connectivity index (χ4n) is 2.80. The van der Waals surface area contributed by atoms with Crippen LogP contribution in [0.2, 0.25) is 0 Å². The molecule has 0 spiro atoms. The molecule has 3 rings (SSSR count). The third-order valence-electron chi connectivity index (χ3n) is 4.23. The summed E-state index contributed by atoms with van der Waals surface area (Å²) >= 11 is 0. The van der Waals surface area contributed by atoms with Gasteiger partial charge in [0.2, 0.25) is 5.91 Å². The molecule has 2 aromatic rings. The lowest BCUT2D eigenvalue weighted by molar-refractivity contribution is -0.124. The lowest BCUT2D eigenvalue weighted by Gasteiger charge is -2.15. The summed E-state index contributed by atoms with van der Waals surface area (Å²) in [6, 6.07) is 3.83. The van der Waals surface area contributed by atoms with Gasteiger partial charge in [0, 0.05) is 26.2 Å².